The smallest absolute Gasteiger partial charge is 0.266 e. The van der Waals surface area contributed by atoms with E-state index in [0.717, 1.165) is 5.56 Å². The van der Waals surface area contributed by atoms with Crippen molar-refractivity contribution in [3.63, 3.8) is 0 Å². The number of rotatable bonds is 8. The first-order chi connectivity index (χ1) is 16.3. The highest BCUT2D eigenvalue weighted by atomic mass is 127. The molecule has 0 bridgehead atoms. The van der Waals surface area contributed by atoms with Crippen LogP contribution < -0.4 is 14.8 Å². The van der Waals surface area contributed by atoms with Crippen molar-refractivity contribution in [3.05, 3.63) is 91.3 Å². The number of amides is 1. The van der Waals surface area contributed by atoms with Gasteiger partial charge in [0.2, 0.25) is 0 Å². The van der Waals surface area contributed by atoms with Crippen LogP contribution in [0.1, 0.15) is 23.6 Å². The minimum atomic E-state index is -0.560. The first kappa shape index (κ1) is 25.5. The van der Waals surface area contributed by atoms with E-state index in [1.54, 1.807) is 48.5 Å². The van der Waals surface area contributed by atoms with Crippen molar-refractivity contribution in [1.82, 2.24) is 0 Å². The summed E-state index contributed by atoms with van der Waals surface area (Å²) < 4.78 is 26.2. The molecular formula is C26H21ClFIN2O3. The van der Waals surface area contributed by atoms with Crippen LogP contribution in [-0.4, -0.2) is 12.5 Å². The molecule has 0 aliphatic carbocycles. The number of halogens is 3. The van der Waals surface area contributed by atoms with Crippen LogP contribution in [0.25, 0.3) is 6.08 Å². The number of ether oxygens (including phenoxy) is 2. The first-order valence-corrected chi connectivity index (χ1v) is 11.8. The van der Waals surface area contributed by atoms with Crippen LogP contribution >= 0.6 is 34.2 Å². The quantitative estimate of drug-likeness (QED) is 0.176. The summed E-state index contributed by atoms with van der Waals surface area (Å²) >= 11 is 8.19. The van der Waals surface area contributed by atoms with Gasteiger partial charge in [0.25, 0.3) is 5.91 Å². The summed E-state index contributed by atoms with van der Waals surface area (Å²) in [6, 6.07) is 16.9. The number of nitrogens with zero attached hydrogens (tertiary/aromatic N) is 1. The van der Waals surface area contributed by atoms with Crippen molar-refractivity contribution in [2.75, 3.05) is 11.9 Å². The van der Waals surface area contributed by atoms with E-state index in [9.17, 15) is 14.4 Å². The number of hydrogen-bond acceptors (Lipinski definition) is 4. The Bertz CT molecular complexity index is 1290. The Balaban J connectivity index is 1.86. The largest absolute Gasteiger partial charge is 0.490 e. The number of carbonyl (C=O) groups excluding carboxylic acids is 1. The van der Waals surface area contributed by atoms with Crippen molar-refractivity contribution < 1.29 is 18.7 Å². The number of aryl methyl sites for hydroxylation is 1. The highest BCUT2D eigenvalue weighted by Gasteiger charge is 2.15. The number of nitriles is 1. The van der Waals surface area contributed by atoms with Gasteiger partial charge in [-0.3, -0.25) is 4.79 Å². The Morgan fingerprint density at radius 3 is 2.65 bits per heavy atom. The minimum absolute atomic E-state index is 0.0307. The predicted octanol–water partition coefficient (Wildman–Crippen LogP) is 6.92. The van der Waals surface area contributed by atoms with Crippen molar-refractivity contribution in [2.24, 2.45) is 0 Å². The maximum atomic E-state index is 14.0. The number of benzene rings is 3. The van der Waals surface area contributed by atoms with Gasteiger partial charge in [-0.05, 0) is 84.0 Å². The molecule has 0 fully saturated rings. The summed E-state index contributed by atoms with van der Waals surface area (Å²) in [4.78, 5) is 12.7. The Morgan fingerprint density at radius 1 is 1.21 bits per heavy atom. The Labute approximate surface area is 216 Å². The summed E-state index contributed by atoms with van der Waals surface area (Å²) in [5.41, 5.74) is 2.29. The fraction of sp³-hybridized carbons (Fsp3) is 0.154. The maximum Gasteiger partial charge on any atom is 0.266 e. The minimum Gasteiger partial charge on any atom is -0.490 e. The molecular weight excluding hydrogens is 570 g/mol. The molecule has 0 heterocycles. The Hall–Kier alpha value is -3.09. The molecule has 1 N–H and O–H groups in total. The third-order valence-corrected chi connectivity index (χ3v) is 5.98. The van der Waals surface area contributed by atoms with Crippen LogP contribution in [0.2, 0.25) is 5.02 Å². The fourth-order valence-electron chi connectivity index (χ4n) is 3.02. The number of nitrogens with one attached hydrogen (secondary N) is 1. The lowest BCUT2D eigenvalue weighted by atomic mass is 10.1. The van der Waals surface area contributed by atoms with Crippen LogP contribution in [0.15, 0.2) is 60.2 Å². The van der Waals surface area contributed by atoms with Crippen molar-refractivity contribution in [2.45, 2.75) is 20.5 Å². The molecule has 0 aliphatic heterocycles. The third kappa shape index (κ3) is 6.49. The average molecular weight is 591 g/mol. The van der Waals surface area contributed by atoms with Gasteiger partial charge in [-0.25, -0.2) is 4.39 Å². The molecule has 0 aromatic heterocycles. The molecule has 0 aliphatic rings. The van der Waals surface area contributed by atoms with Gasteiger partial charge in [0.1, 0.15) is 24.1 Å². The van der Waals surface area contributed by atoms with Crippen LogP contribution in [-0.2, 0) is 11.4 Å². The Morgan fingerprint density at radius 2 is 1.97 bits per heavy atom. The van der Waals surface area contributed by atoms with E-state index >= 15 is 0 Å². The molecule has 0 radical (unpaired) electrons. The second-order valence-electron chi connectivity index (χ2n) is 7.23. The van der Waals surface area contributed by atoms with E-state index in [1.807, 2.05) is 19.9 Å². The van der Waals surface area contributed by atoms with Crippen molar-refractivity contribution >= 4 is 51.9 Å². The van der Waals surface area contributed by atoms with Crippen LogP contribution in [0.5, 0.6) is 11.5 Å². The lowest BCUT2D eigenvalue weighted by Crippen LogP contribution is -2.13. The average Bonchev–Trinajstić information content (AvgIpc) is 2.80. The highest BCUT2D eigenvalue weighted by molar-refractivity contribution is 14.1. The molecule has 0 spiro atoms. The molecule has 0 unspecified atom stereocenters. The van der Waals surface area contributed by atoms with E-state index in [1.165, 1.54) is 12.1 Å². The summed E-state index contributed by atoms with van der Waals surface area (Å²) in [5, 5.41) is 12.8. The molecule has 3 rings (SSSR count). The molecule has 3 aromatic carbocycles. The van der Waals surface area contributed by atoms with E-state index in [4.69, 9.17) is 21.1 Å². The van der Waals surface area contributed by atoms with Gasteiger partial charge in [0, 0.05) is 16.3 Å². The maximum absolute atomic E-state index is 14.0. The zero-order valence-corrected chi connectivity index (χ0v) is 21.4. The summed E-state index contributed by atoms with van der Waals surface area (Å²) in [6.45, 7) is 4.09. The van der Waals surface area contributed by atoms with E-state index in [0.29, 0.717) is 43.5 Å². The molecule has 174 valence electrons. The molecule has 0 saturated carbocycles. The second kappa shape index (κ2) is 11.9. The summed E-state index contributed by atoms with van der Waals surface area (Å²) in [6.07, 6.45) is 1.47. The van der Waals surface area contributed by atoms with Gasteiger partial charge < -0.3 is 14.8 Å². The normalized spacial score (nSPS) is 11.0. The molecule has 8 heteroatoms. The van der Waals surface area contributed by atoms with E-state index in [2.05, 4.69) is 27.9 Å². The summed E-state index contributed by atoms with van der Waals surface area (Å²) in [7, 11) is 0. The zero-order chi connectivity index (χ0) is 24.7. The third-order valence-electron chi connectivity index (χ3n) is 4.77. The highest BCUT2D eigenvalue weighted by Crippen LogP contribution is 2.35. The second-order valence-corrected chi connectivity index (χ2v) is 8.80. The van der Waals surface area contributed by atoms with E-state index in [-0.39, 0.29) is 18.0 Å². The van der Waals surface area contributed by atoms with Gasteiger partial charge in [-0.1, -0.05) is 35.9 Å². The number of hydrogen-bond donors (Lipinski definition) is 1. The van der Waals surface area contributed by atoms with Gasteiger partial charge in [0.15, 0.2) is 11.5 Å². The van der Waals surface area contributed by atoms with Crippen LogP contribution in [0.4, 0.5) is 10.1 Å². The van der Waals surface area contributed by atoms with E-state index < -0.39 is 5.91 Å². The van der Waals surface area contributed by atoms with Gasteiger partial charge in [-0.15, -0.1) is 0 Å². The molecule has 3 aromatic rings. The Kier molecular flexibility index (Phi) is 8.91. The number of carbonyl (C=O) groups is 1. The van der Waals surface area contributed by atoms with Gasteiger partial charge in [0.05, 0.1) is 10.2 Å². The fourth-order valence-corrected chi connectivity index (χ4v) is 3.99. The van der Waals surface area contributed by atoms with Crippen LogP contribution in [0.3, 0.4) is 0 Å². The number of anilines is 1. The van der Waals surface area contributed by atoms with Crippen LogP contribution in [0, 0.1) is 27.6 Å². The van der Waals surface area contributed by atoms with Crippen molar-refractivity contribution in [1.29, 1.82) is 5.26 Å². The zero-order valence-electron chi connectivity index (χ0n) is 18.5. The monoisotopic (exact) mass is 590 g/mol. The van der Waals surface area contributed by atoms with Crippen molar-refractivity contribution in [3.8, 4) is 17.6 Å². The lowest BCUT2D eigenvalue weighted by Gasteiger charge is -2.15. The molecule has 34 heavy (non-hydrogen) atoms. The summed E-state index contributed by atoms with van der Waals surface area (Å²) in [5.74, 6) is -0.0232. The van der Waals surface area contributed by atoms with Gasteiger partial charge >= 0.3 is 0 Å². The SMILES string of the molecule is CCOc1cc(/C=C(/C#N)C(=O)Nc2ccc(C)c(Cl)c2)cc(I)c1OCc1ccccc1F. The lowest BCUT2D eigenvalue weighted by molar-refractivity contribution is -0.112. The molecule has 0 saturated heterocycles. The topological polar surface area (TPSA) is 71.3 Å². The first-order valence-electron chi connectivity index (χ1n) is 10.3. The molecule has 1 amide bonds. The molecule has 0 atom stereocenters. The van der Waals surface area contributed by atoms with Gasteiger partial charge in [-0.2, -0.15) is 5.26 Å². The predicted molar refractivity (Wildman–Crippen MR) is 139 cm³/mol. The standard InChI is InChI=1S/C26H21ClFIN2O3/c1-3-33-24-12-17(11-23(29)25(24)34-15-18-6-4-5-7-22(18)28)10-19(14-30)26(32)31-20-9-8-16(2)21(27)13-20/h4-13H,3,15H2,1-2H3,(H,31,32)/b19-10-. The molecule has 5 nitrogen and oxygen atoms in total.